The summed E-state index contributed by atoms with van der Waals surface area (Å²) in [5, 5.41) is 25.6. The number of carbonyl (C=O) groups is 1. The van der Waals surface area contributed by atoms with E-state index < -0.39 is 77.7 Å². The number of benzene rings is 4. The summed E-state index contributed by atoms with van der Waals surface area (Å²) in [5.74, 6) is -8.10. The summed E-state index contributed by atoms with van der Waals surface area (Å²) in [7, 11) is -2.14. The Bertz CT molecular complexity index is 1650. The lowest BCUT2D eigenvalue weighted by Crippen LogP contribution is -2.44. The first-order valence-corrected chi connectivity index (χ1v) is 17.4. The van der Waals surface area contributed by atoms with Gasteiger partial charge < -0.3 is 19.7 Å². The van der Waals surface area contributed by atoms with Gasteiger partial charge in [-0.1, -0.05) is 20.8 Å². The summed E-state index contributed by atoms with van der Waals surface area (Å²) in [6.45, 7) is 10.1. The maximum Gasteiger partial charge on any atom is 0.250 e. The molecule has 0 aliphatic rings. The third kappa shape index (κ3) is 12.8. The van der Waals surface area contributed by atoms with Gasteiger partial charge in [0.1, 0.15) is 29.0 Å². The molecule has 0 saturated heterocycles. The van der Waals surface area contributed by atoms with Crippen LogP contribution in [0.5, 0.6) is 23.0 Å². The lowest BCUT2D eigenvalue weighted by molar-refractivity contribution is 0.111. The highest BCUT2D eigenvalue weighted by Crippen LogP contribution is 2.38. The van der Waals surface area contributed by atoms with Crippen molar-refractivity contribution in [2.45, 2.75) is 38.9 Å². The number of hydrogen-bond acceptors (Lipinski definition) is 5. The zero-order valence-corrected chi connectivity index (χ0v) is 29.4. The third-order valence-electron chi connectivity index (χ3n) is 6.24. The van der Waals surface area contributed by atoms with Crippen molar-refractivity contribution in [2.24, 2.45) is 0 Å². The van der Waals surface area contributed by atoms with Gasteiger partial charge in [0.25, 0.3) is 8.32 Å². The Morgan fingerprint density at radius 2 is 1.06 bits per heavy atom. The summed E-state index contributed by atoms with van der Waals surface area (Å²) in [5.41, 5.74) is -0.402. The van der Waals surface area contributed by atoms with Crippen LogP contribution in [-0.4, -0.2) is 29.9 Å². The van der Waals surface area contributed by atoms with Gasteiger partial charge >= 0.3 is 0 Å². The van der Waals surface area contributed by atoms with Crippen LogP contribution in [0.25, 0.3) is 0 Å². The van der Waals surface area contributed by atoms with Crippen molar-refractivity contribution in [3.63, 3.8) is 0 Å². The van der Waals surface area contributed by atoms with Crippen LogP contribution in [0.1, 0.15) is 31.1 Å². The number of phenols is 3. The molecule has 4 rings (SSSR count). The normalized spacial score (nSPS) is 10.8. The number of hydrogen-bond donors (Lipinski definition) is 3. The van der Waals surface area contributed by atoms with E-state index in [1.807, 2.05) is 33.9 Å². The molecule has 0 saturated carbocycles. The van der Waals surface area contributed by atoms with E-state index in [2.05, 4.69) is 31.9 Å². The molecule has 256 valence electrons. The fraction of sp³-hybridized carbons (Fsp3) is 0.194. The van der Waals surface area contributed by atoms with E-state index in [0.29, 0.717) is 18.2 Å². The lowest BCUT2D eigenvalue weighted by atomic mass is 10.2. The van der Waals surface area contributed by atoms with E-state index in [4.69, 9.17) is 19.7 Å². The summed E-state index contributed by atoms with van der Waals surface area (Å²) in [4.78, 5) is 10.0. The first kappa shape index (κ1) is 41.4. The number of halogens is 10. The van der Waals surface area contributed by atoms with Gasteiger partial charge in [-0.05, 0) is 80.3 Å². The highest BCUT2D eigenvalue weighted by atomic mass is 79.9. The van der Waals surface area contributed by atoms with Crippen molar-refractivity contribution in [3.05, 3.63) is 116 Å². The number of rotatable bonds is 3. The van der Waals surface area contributed by atoms with Crippen LogP contribution in [0, 0.1) is 46.5 Å². The van der Waals surface area contributed by atoms with Crippen LogP contribution in [0.2, 0.25) is 18.1 Å². The molecule has 0 aromatic heterocycles. The predicted molar refractivity (Wildman–Crippen MR) is 169 cm³/mol. The summed E-state index contributed by atoms with van der Waals surface area (Å²) < 4.78 is 106. The van der Waals surface area contributed by atoms with E-state index in [1.54, 1.807) is 0 Å². The number of aromatic hydroxyl groups is 3. The van der Waals surface area contributed by atoms with Gasteiger partial charge in [-0.15, -0.1) is 0 Å². The maximum atomic E-state index is 13.6. The molecule has 0 aliphatic heterocycles. The van der Waals surface area contributed by atoms with Gasteiger partial charge in [0.05, 0.1) is 14.5 Å². The molecule has 5 nitrogen and oxygen atoms in total. The van der Waals surface area contributed by atoms with Gasteiger partial charge in [0, 0.05) is 24.3 Å². The van der Waals surface area contributed by atoms with Crippen molar-refractivity contribution in [1.82, 2.24) is 0 Å². The fourth-order valence-corrected chi connectivity index (χ4v) is 4.29. The highest BCUT2D eigenvalue weighted by molar-refractivity contribution is 9.10. The Balaban J connectivity index is 0.000000324. The number of aldehydes is 1. The molecule has 0 bridgehead atoms. The van der Waals surface area contributed by atoms with Gasteiger partial charge in [-0.2, -0.15) is 0 Å². The van der Waals surface area contributed by atoms with Crippen LogP contribution in [0.4, 0.5) is 35.1 Å². The molecule has 0 fully saturated rings. The second-order valence-electron chi connectivity index (χ2n) is 10.8. The molecule has 0 heterocycles. The minimum Gasteiger partial charge on any atom is -0.541 e. The molecule has 4 aromatic rings. The Morgan fingerprint density at radius 3 is 1.51 bits per heavy atom. The van der Waals surface area contributed by atoms with Crippen molar-refractivity contribution in [3.8, 4) is 23.0 Å². The lowest BCUT2D eigenvalue weighted by Gasteiger charge is -2.36. The van der Waals surface area contributed by atoms with Gasteiger partial charge in [-0.3, -0.25) is 4.79 Å². The average Bonchev–Trinajstić information content (AvgIpc) is 2.95. The topological polar surface area (TPSA) is 87.0 Å². The van der Waals surface area contributed by atoms with Gasteiger partial charge in [0.15, 0.2) is 46.8 Å². The minimum absolute atomic E-state index is 0.00251. The van der Waals surface area contributed by atoms with Gasteiger partial charge in [-0.25, -0.2) is 35.1 Å². The Morgan fingerprint density at radius 1 is 0.617 bits per heavy atom. The number of phenolic OH excluding ortho intramolecular Hbond substituents is 3. The second-order valence-corrected chi connectivity index (χ2v) is 17.2. The molecule has 0 atom stereocenters. The molecule has 16 heteroatoms. The second kappa shape index (κ2) is 17.5. The summed E-state index contributed by atoms with van der Waals surface area (Å²) in [6, 6.07) is 7.48. The van der Waals surface area contributed by atoms with Crippen molar-refractivity contribution >= 4 is 46.5 Å². The van der Waals surface area contributed by atoms with Crippen LogP contribution in [0.3, 0.4) is 0 Å². The van der Waals surface area contributed by atoms with E-state index in [0.717, 1.165) is 36.4 Å². The molecule has 4 aromatic carbocycles. The quantitative estimate of drug-likeness (QED) is 0.0829. The summed E-state index contributed by atoms with van der Waals surface area (Å²) in [6.07, 6.45) is 0.178. The van der Waals surface area contributed by atoms with Gasteiger partial charge in [0.2, 0.25) is 0 Å². The Hall–Kier alpha value is -3.63. The van der Waals surface area contributed by atoms with E-state index in [9.17, 15) is 39.9 Å². The third-order valence-corrected chi connectivity index (χ3v) is 11.8. The number of carbonyl (C=O) groups excluding carboxylic acids is 1. The first-order valence-electron chi connectivity index (χ1n) is 12.9. The van der Waals surface area contributed by atoms with Crippen LogP contribution >= 0.6 is 31.9 Å². The molecule has 3 N–H and O–H groups in total. The maximum absolute atomic E-state index is 13.6. The zero-order valence-electron chi connectivity index (χ0n) is 25.2. The van der Waals surface area contributed by atoms with Crippen molar-refractivity contribution in [1.29, 1.82) is 0 Å². The minimum atomic E-state index is -2.14. The first-order chi connectivity index (χ1) is 21.5. The van der Waals surface area contributed by atoms with E-state index in [-0.39, 0.29) is 26.0 Å². The SMILES string of the molecule is CC(C)(C)[Si](C)(C)Oc1cc(F)c(Br)cc1F.O=Cc1cc(F)c(O)cc1F.Oc1cc(F)c(Br)cc1F.Oc1cc(F)ccc1F. The average molecular weight is 820 g/mol. The Kier molecular flexibility index (Phi) is 15.4. The van der Waals surface area contributed by atoms with Crippen LogP contribution < -0.4 is 4.43 Å². The standard InChI is InChI=1S/C12H17BrF2OSi.C7H4F2O2.C6H3BrF2O.C6H4F2O/c1-12(2,3)17(4,5)16-11-7-9(14)8(13)6-10(11)15;8-5-2-7(11)6(9)1-4(5)3-10;7-3-1-5(9)6(10)2-4(3)8;7-4-1-2-5(8)6(9)3-4/h6-7H,1-5H3;1-3,11H;1-2,10H;1-3,9H. The molecular formula is C31H28Br2F8O5Si. The van der Waals surface area contributed by atoms with E-state index in [1.165, 1.54) is 0 Å². The molecule has 0 unspecified atom stereocenters. The van der Waals surface area contributed by atoms with Crippen LogP contribution in [-0.2, 0) is 0 Å². The molecule has 0 amide bonds. The van der Waals surface area contributed by atoms with Crippen molar-refractivity contribution < 1.29 is 59.7 Å². The largest absolute Gasteiger partial charge is 0.541 e. The molecule has 0 aliphatic carbocycles. The van der Waals surface area contributed by atoms with Crippen molar-refractivity contribution in [2.75, 3.05) is 0 Å². The molecular weight excluding hydrogens is 792 g/mol. The van der Waals surface area contributed by atoms with Crippen LogP contribution in [0.15, 0.2) is 63.5 Å². The monoisotopic (exact) mass is 818 g/mol. The molecule has 0 spiro atoms. The summed E-state index contributed by atoms with van der Waals surface area (Å²) >= 11 is 5.69. The van der Waals surface area contributed by atoms with E-state index >= 15 is 0 Å². The predicted octanol–water partition coefficient (Wildman–Crippen LogP) is 10.7. The fourth-order valence-electron chi connectivity index (χ4n) is 2.65. The molecule has 47 heavy (non-hydrogen) atoms. The highest BCUT2D eigenvalue weighted by Gasteiger charge is 2.39. The Labute approximate surface area is 282 Å². The molecule has 0 radical (unpaired) electrons. The smallest absolute Gasteiger partial charge is 0.250 e. The zero-order chi connectivity index (χ0) is 36.4.